The maximum atomic E-state index is 5.38. The highest BCUT2D eigenvalue weighted by Gasteiger charge is 2.16. The lowest BCUT2D eigenvalue weighted by Gasteiger charge is -2.13. The molecule has 0 spiro atoms. The van der Waals surface area contributed by atoms with Gasteiger partial charge in [0.25, 0.3) is 0 Å². The minimum atomic E-state index is 0.518. The van der Waals surface area contributed by atoms with E-state index in [-0.39, 0.29) is 0 Å². The maximum Gasteiger partial charge on any atom is 0.165 e. The van der Waals surface area contributed by atoms with Crippen molar-refractivity contribution < 1.29 is 14.2 Å². The highest BCUT2D eigenvalue weighted by Crippen LogP contribution is 2.39. The Bertz CT molecular complexity index is 615. The predicted molar refractivity (Wildman–Crippen MR) is 82.5 cm³/mol. The Hall–Kier alpha value is -1.34. The maximum absolute atomic E-state index is 5.38. The van der Waals surface area contributed by atoms with Crippen molar-refractivity contribution in [3.63, 3.8) is 0 Å². The normalized spacial score (nSPS) is 10.2. The number of nitrogens with zero attached hydrogens (tertiary/aromatic N) is 2. The van der Waals surface area contributed by atoms with Crippen molar-refractivity contribution in [2.45, 2.75) is 0 Å². The van der Waals surface area contributed by atoms with Crippen LogP contribution in [0, 0.1) is 0 Å². The predicted octanol–water partition coefficient (Wildman–Crippen LogP) is 3.69. The van der Waals surface area contributed by atoms with Crippen LogP contribution in [0.25, 0.3) is 11.4 Å². The third-order valence-corrected chi connectivity index (χ3v) is 3.42. The first-order valence-electron chi connectivity index (χ1n) is 5.59. The fraction of sp³-hybridized carbons (Fsp3) is 0.231. The minimum absolute atomic E-state index is 0.518. The summed E-state index contributed by atoms with van der Waals surface area (Å²) in [6.07, 6.45) is 0. The van der Waals surface area contributed by atoms with E-state index in [1.165, 1.54) is 0 Å². The van der Waals surface area contributed by atoms with E-state index in [0.717, 1.165) is 0 Å². The summed E-state index contributed by atoms with van der Waals surface area (Å²) in [6, 6.07) is 5.29. The number of benzene rings is 1. The van der Waals surface area contributed by atoms with Crippen molar-refractivity contribution in [3.05, 3.63) is 27.4 Å². The summed E-state index contributed by atoms with van der Waals surface area (Å²) in [7, 11) is 4.73. The Morgan fingerprint density at radius 1 is 0.750 bits per heavy atom. The van der Waals surface area contributed by atoms with Gasteiger partial charge in [-0.25, -0.2) is 9.97 Å². The molecule has 20 heavy (non-hydrogen) atoms. The number of aromatic nitrogens is 2. The van der Waals surface area contributed by atoms with Crippen LogP contribution in [0.2, 0.25) is 0 Å². The summed E-state index contributed by atoms with van der Waals surface area (Å²) < 4.78 is 17.3. The molecule has 106 valence electrons. The first-order chi connectivity index (χ1) is 9.58. The van der Waals surface area contributed by atoms with Crippen LogP contribution in [0.1, 0.15) is 0 Å². The van der Waals surface area contributed by atoms with Crippen molar-refractivity contribution in [1.82, 2.24) is 9.97 Å². The molecule has 0 atom stereocenters. The minimum Gasteiger partial charge on any atom is -0.496 e. The average molecular weight is 404 g/mol. The molecule has 1 heterocycles. The molecule has 0 radical (unpaired) electrons. The van der Waals surface area contributed by atoms with E-state index in [1.807, 2.05) is 0 Å². The lowest BCUT2D eigenvalue weighted by Crippen LogP contribution is -1.97. The summed E-state index contributed by atoms with van der Waals surface area (Å²) in [5, 5.41) is 0. The standard InChI is InChI=1S/C13H12Br2N2O3/c1-18-8-5-10(20-3)9(19-2)4-7(8)13-16-11(14)6-12(15)17-13/h4-6H,1-3H3. The quantitative estimate of drug-likeness (QED) is 0.728. The van der Waals surface area contributed by atoms with Crippen LogP contribution in [-0.4, -0.2) is 31.3 Å². The van der Waals surface area contributed by atoms with Gasteiger partial charge in [0.15, 0.2) is 17.3 Å². The summed E-state index contributed by atoms with van der Waals surface area (Å²) in [5.41, 5.74) is 0.715. The number of hydrogen-bond acceptors (Lipinski definition) is 5. The molecular formula is C13H12Br2N2O3. The molecule has 0 fully saturated rings. The van der Waals surface area contributed by atoms with Crippen LogP contribution in [0.5, 0.6) is 17.2 Å². The van der Waals surface area contributed by atoms with Gasteiger partial charge in [-0.2, -0.15) is 0 Å². The molecule has 0 saturated heterocycles. The molecule has 0 bridgehead atoms. The summed E-state index contributed by atoms with van der Waals surface area (Å²) in [6.45, 7) is 0. The summed E-state index contributed by atoms with van der Waals surface area (Å²) in [4.78, 5) is 8.69. The molecule has 0 saturated carbocycles. The lowest BCUT2D eigenvalue weighted by molar-refractivity contribution is 0.349. The first-order valence-corrected chi connectivity index (χ1v) is 7.18. The zero-order valence-electron chi connectivity index (χ0n) is 11.1. The van der Waals surface area contributed by atoms with E-state index < -0.39 is 0 Å². The van der Waals surface area contributed by atoms with Crippen molar-refractivity contribution >= 4 is 31.9 Å². The van der Waals surface area contributed by atoms with Gasteiger partial charge >= 0.3 is 0 Å². The van der Waals surface area contributed by atoms with Crippen molar-refractivity contribution in [3.8, 4) is 28.6 Å². The second-order valence-corrected chi connectivity index (χ2v) is 5.37. The SMILES string of the molecule is COc1cc(OC)c(-c2nc(Br)cc(Br)n2)cc1OC. The van der Waals surface area contributed by atoms with Gasteiger partial charge in [0.05, 0.1) is 26.9 Å². The van der Waals surface area contributed by atoms with E-state index in [0.29, 0.717) is 37.8 Å². The molecule has 1 aromatic heterocycles. The molecule has 0 N–H and O–H groups in total. The number of methoxy groups -OCH3 is 3. The van der Waals surface area contributed by atoms with Gasteiger partial charge in [0.1, 0.15) is 15.0 Å². The van der Waals surface area contributed by atoms with Crippen molar-refractivity contribution in [2.24, 2.45) is 0 Å². The Morgan fingerprint density at radius 3 is 1.75 bits per heavy atom. The molecule has 0 unspecified atom stereocenters. The van der Waals surface area contributed by atoms with Gasteiger partial charge in [-0.1, -0.05) is 0 Å². The van der Waals surface area contributed by atoms with Gasteiger partial charge in [-0.3, -0.25) is 0 Å². The van der Waals surface area contributed by atoms with Gasteiger partial charge in [-0.15, -0.1) is 0 Å². The molecule has 0 aliphatic heterocycles. The van der Waals surface area contributed by atoms with Gasteiger partial charge in [0, 0.05) is 12.1 Å². The Kier molecular flexibility index (Phi) is 4.82. The van der Waals surface area contributed by atoms with Crippen LogP contribution in [0.4, 0.5) is 0 Å². The molecule has 0 amide bonds. The van der Waals surface area contributed by atoms with E-state index >= 15 is 0 Å². The fourth-order valence-corrected chi connectivity index (χ4v) is 2.79. The topological polar surface area (TPSA) is 53.5 Å². The molecule has 2 rings (SSSR count). The van der Waals surface area contributed by atoms with Crippen LogP contribution in [0.15, 0.2) is 27.4 Å². The monoisotopic (exact) mass is 402 g/mol. The first kappa shape index (κ1) is 15.1. The Labute approximate surface area is 133 Å². The van der Waals surface area contributed by atoms with Crippen LogP contribution < -0.4 is 14.2 Å². The molecule has 7 heteroatoms. The van der Waals surface area contributed by atoms with Crippen LogP contribution in [0.3, 0.4) is 0 Å². The van der Waals surface area contributed by atoms with Crippen molar-refractivity contribution in [2.75, 3.05) is 21.3 Å². The molecular weight excluding hydrogens is 392 g/mol. The highest BCUT2D eigenvalue weighted by atomic mass is 79.9. The largest absolute Gasteiger partial charge is 0.496 e. The molecule has 0 aliphatic carbocycles. The van der Waals surface area contributed by atoms with Crippen LogP contribution in [-0.2, 0) is 0 Å². The lowest BCUT2D eigenvalue weighted by atomic mass is 10.1. The molecule has 1 aromatic carbocycles. The second-order valence-electron chi connectivity index (χ2n) is 3.74. The fourth-order valence-electron chi connectivity index (χ4n) is 1.71. The third kappa shape index (κ3) is 3.04. The number of hydrogen-bond donors (Lipinski definition) is 0. The third-order valence-electron chi connectivity index (χ3n) is 2.61. The van der Waals surface area contributed by atoms with Crippen molar-refractivity contribution in [1.29, 1.82) is 0 Å². The summed E-state index contributed by atoms with van der Waals surface area (Å²) >= 11 is 6.69. The highest BCUT2D eigenvalue weighted by molar-refractivity contribution is 9.11. The molecule has 2 aromatic rings. The molecule has 0 aliphatic rings. The van der Waals surface area contributed by atoms with E-state index in [4.69, 9.17) is 14.2 Å². The van der Waals surface area contributed by atoms with Gasteiger partial charge in [-0.05, 0) is 37.9 Å². The number of ether oxygens (including phenoxy) is 3. The average Bonchev–Trinajstić information content (AvgIpc) is 2.44. The Balaban J connectivity index is 2.65. The van der Waals surface area contributed by atoms with E-state index in [9.17, 15) is 0 Å². The van der Waals surface area contributed by atoms with Gasteiger partial charge < -0.3 is 14.2 Å². The zero-order valence-corrected chi connectivity index (χ0v) is 14.3. The second kappa shape index (κ2) is 6.41. The van der Waals surface area contributed by atoms with E-state index in [2.05, 4.69) is 41.8 Å². The number of rotatable bonds is 4. The van der Waals surface area contributed by atoms with Crippen LogP contribution >= 0.6 is 31.9 Å². The van der Waals surface area contributed by atoms with E-state index in [1.54, 1.807) is 39.5 Å². The summed E-state index contributed by atoms with van der Waals surface area (Å²) in [5.74, 6) is 2.29. The Morgan fingerprint density at radius 2 is 1.25 bits per heavy atom. The number of halogens is 2. The molecule has 5 nitrogen and oxygen atoms in total. The smallest absolute Gasteiger partial charge is 0.165 e. The zero-order chi connectivity index (χ0) is 14.7. The van der Waals surface area contributed by atoms with Gasteiger partial charge in [0.2, 0.25) is 0 Å².